The van der Waals surface area contributed by atoms with Gasteiger partial charge in [-0.25, -0.2) is 12.7 Å². The van der Waals surface area contributed by atoms with E-state index in [2.05, 4.69) is 5.32 Å². The minimum absolute atomic E-state index is 0.277. The van der Waals surface area contributed by atoms with Gasteiger partial charge in [-0.2, -0.15) is 0 Å². The first-order chi connectivity index (χ1) is 8.09. The lowest BCUT2D eigenvalue weighted by atomic mass is 9.94. The van der Waals surface area contributed by atoms with E-state index in [1.54, 1.807) is 11.4 Å². The van der Waals surface area contributed by atoms with E-state index in [4.69, 9.17) is 0 Å². The van der Waals surface area contributed by atoms with E-state index in [1.807, 2.05) is 0 Å². The maximum atomic E-state index is 12.1. The molecule has 2 fully saturated rings. The van der Waals surface area contributed by atoms with Crippen LogP contribution >= 0.6 is 0 Å². The van der Waals surface area contributed by atoms with Crippen molar-refractivity contribution in [1.82, 2.24) is 9.62 Å². The van der Waals surface area contributed by atoms with Gasteiger partial charge in [-0.05, 0) is 38.6 Å². The van der Waals surface area contributed by atoms with Gasteiger partial charge in [0.2, 0.25) is 10.0 Å². The van der Waals surface area contributed by atoms with Gasteiger partial charge in [-0.3, -0.25) is 0 Å². The second kappa shape index (κ2) is 5.67. The number of hydrogen-bond acceptors (Lipinski definition) is 3. The Hall–Kier alpha value is -0.130. The topological polar surface area (TPSA) is 49.4 Å². The van der Waals surface area contributed by atoms with Crippen LogP contribution in [0.4, 0.5) is 0 Å². The average Bonchev–Trinajstić information content (AvgIpc) is 2.26. The molecule has 1 aliphatic carbocycles. The zero-order valence-corrected chi connectivity index (χ0v) is 11.5. The summed E-state index contributed by atoms with van der Waals surface area (Å²) < 4.78 is 25.8. The van der Waals surface area contributed by atoms with Crippen molar-refractivity contribution in [3.8, 4) is 0 Å². The highest BCUT2D eigenvalue weighted by molar-refractivity contribution is 7.89. The SMILES string of the molecule is CN(C1CCC1)S(=O)(=O)CCC1CCCCN1. The predicted molar refractivity (Wildman–Crippen MR) is 69.4 cm³/mol. The summed E-state index contributed by atoms with van der Waals surface area (Å²) >= 11 is 0. The molecule has 0 amide bonds. The van der Waals surface area contributed by atoms with Crippen LogP contribution in [0.5, 0.6) is 0 Å². The van der Waals surface area contributed by atoms with E-state index in [0.717, 1.165) is 32.2 Å². The minimum atomic E-state index is -3.03. The highest BCUT2D eigenvalue weighted by atomic mass is 32.2. The van der Waals surface area contributed by atoms with Crippen LogP contribution in [0.25, 0.3) is 0 Å². The molecule has 4 nitrogen and oxygen atoms in total. The van der Waals surface area contributed by atoms with Crippen molar-refractivity contribution in [2.24, 2.45) is 0 Å². The maximum Gasteiger partial charge on any atom is 0.214 e. The molecule has 1 unspecified atom stereocenters. The number of nitrogens with zero attached hydrogens (tertiary/aromatic N) is 1. The Bertz CT molecular complexity index is 332. The van der Waals surface area contributed by atoms with Crippen LogP contribution in [0, 0.1) is 0 Å². The molecule has 2 aliphatic rings. The molecular weight excluding hydrogens is 236 g/mol. The molecule has 1 saturated carbocycles. The summed E-state index contributed by atoms with van der Waals surface area (Å²) in [6.45, 7) is 1.04. The summed E-state index contributed by atoms with van der Waals surface area (Å²) in [5.74, 6) is 0.303. The third kappa shape index (κ3) is 3.42. The minimum Gasteiger partial charge on any atom is -0.314 e. The first kappa shape index (κ1) is 13.3. The van der Waals surface area contributed by atoms with Gasteiger partial charge in [0.15, 0.2) is 0 Å². The van der Waals surface area contributed by atoms with Crippen molar-refractivity contribution in [3.05, 3.63) is 0 Å². The molecule has 1 N–H and O–H groups in total. The lowest BCUT2D eigenvalue weighted by molar-refractivity contribution is 0.249. The monoisotopic (exact) mass is 260 g/mol. The fraction of sp³-hybridized carbons (Fsp3) is 1.00. The van der Waals surface area contributed by atoms with Gasteiger partial charge in [-0.1, -0.05) is 12.8 Å². The molecule has 17 heavy (non-hydrogen) atoms. The van der Waals surface area contributed by atoms with Crippen LogP contribution in [-0.2, 0) is 10.0 Å². The quantitative estimate of drug-likeness (QED) is 0.811. The van der Waals surface area contributed by atoms with Crippen molar-refractivity contribution in [2.75, 3.05) is 19.3 Å². The van der Waals surface area contributed by atoms with Crippen LogP contribution in [0.15, 0.2) is 0 Å². The van der Waals surface area contributed by atoms with Gasteiger partial charge >= 0.3 is 0 Å². The van der Waals surface area contributed by atoms with Crippen LogP contribution in [0.3, 0.4) is 0 Å². The lowest BCUT2D eigenvalue weighted by Crippen LogP contribution is -2.43. The van der Waals surface area contributed by atoms with E-state index < -0.39 is 10.0 Å². The summed E-state index contributed by atoms with van der Waals surface area (Å²) in [5.41, 5.74) is 0. The molecule has 1 heterocycles. The molecule has 0 aromatic heterocycles. The fourth-order valence-electron chi connectivity index (χ4n) is 2.58. The zero-order chi connectivity index (χ0) is 12.3. The summed E-state index contributed by atoms with van der Waals surface area (Å²) in [7, 11) is -1.28. The third-order valence-corrected chi connectivity index (χ3v) is 6.09. The summed E-state index contributed by atoms with van der Waals surface area (Å²) in [6, 6.07) is 0.688. The Morgan fingerprint density at radius 3 is 2.47 bits per heavy atom. The second-order valence-electron chi connectivity index (χ2n) is 5.35. The van der Waals surface area contributed by atoms with Crippen LogP contribution in [-0.4, -0.2) is 44.2 Å². The smallest absolute Gasteiger partial charge is 0.214 e. The standard InChI is InChI=1S/C12H24N2O2S/c1-14(12-6-4-7-12)17(15,16)10-8-11-5-2-3-9-13-11/h11-13H,2-10H2,1H3. The molecule has 1 atom stereocenters. The van der Waals surface area contributed by atoms with Crippen LogP contribution in [0.1, 0.15) is 44.9 Å². The summed E-state index contributed by atoms with van der Waals surface area (Å²) in [5, 5.41) is 3.40. The highest BCUT2D eigenvalue weighted by Gasteiger charge is 2.30. The fourth-order valence-corrected chi connectivity index (χ4v) is 4.12. The number of piperidine rings is 1. The van der Waals surface area contributed by atoms with Gasteiger partial charge in [0, 0.05) is 19.1 Å². The van der Waals surface area contributed by atoms with E-state index in [0.29, 0.717) is 11.8 Å². The third-order valence-electron chi connectivity index (χ3n) is 4.16. The molecular formula is C12H24N2O2S. The van der Waals surface area contributed by atoms with Crippen molar-refractivity contribution in [1.29, 1.82) is 0 Å². The highest BCUT2D eigenvalue weighted by Crippen LogP contribution is 2.26. The van der Waals surface area contributed by atoms with Gasteiger partial charge in [0.05, 0.1) is 5.75 Å². The van der Waals surface area contributed by atoms with Crippen molar-refractivity contribution < 1.29 is 8.42 Å². The molecule has 100 valence electrons. The second-order valence-corrected chi connectivity index (χ2v) is 7.50. The van der Waals surface area contributed by atoms with E-state index in [-0.39, 0.29) is 6.04 Å². The average molecular weight is 260 g/mol. The lowest BCUT2D eigenvalue weighted by Gasteiger charge is -2.34. The molecule has 5 heteroatoms. The largest absolute Gasteiger partial charge is 0.314 e. The van der Waals surface area contributed by atoms with E-state index in [9.17, 15) is 8.42 Å². The van der Waals surface area contributed by atoms with Crippen molar-refractivity contribution in [3.63, 3.8) is 0 Å². The van der Waals surface area contributed by atoms with E-state index >= 15 is 0 Å². The number of sulfonamides is 1. The molecule has 2 rings (SSSR count). The summed E-state index contributed by atoms with van der Waals surface area (Å²) in [4.78, 5) is 0. The predicted octanol–water partition coefficient (Wildman–Crippen LogP) is 1.33. The molecule has 1 saturated heterocycles. The van der Waals surface area contributed by atoms with Gasteiger partial charge in [-0.15, -0.1) is 0 Å². The Morgan fingerprint density at radius 1 is 1.18 bits per heavy atom. The normalized spacial score (nSPS) is 27.1. The summed E-state index contributed by atoms with van der Waals surface area (Å²) in [6.07, 6.45) is 7.60. The zero-order valence-electron chi connectivity index (χ0n) is 10.7. The van der Waals surface area contributed by atoms with Gasteiger partial charge in [0.25, 0.3) is 0 Å². The molecule has 0 aromatic rings. The van der Waals surface area contributed by atoms with Gasteiger partial charge in [0.1, 0.15) is 0 Å². The molecule has 0 aromatic carbocycles. The van der Waals surface area contributed by atoms with Crippen LogP contribution in [0.2, 0.25) is 0 Å². The van der Waals surface area contributed by atoms with Crippen molar-refractivity contribution >= 4 is 10.0 Å². The Balaban J connectivity index is 1.79. The molecule has 0 spiro atoms. The maximum absolute atomic E-state index is 12.1. The van der Waals surface area contributed by atoms with E-state index in [1.165, 1.54) is 19.3 Å². The first-order valence-electron chi connectivity index (χ1n) is 6.79. The van der Waals surface area contributed by atoms with Crippen molar-refractivity contribution in [2.45, 2.75) is 57.0 Å². The molecule has 1 aliphatic heterocycles. The number of rotatable bonds is 5. The molecule has 0 bridgehead atoms. The number of hydrogen-bond donors (Lipinski definition) is 1. The Labute approximate surface area is 105 Å². The molecule has 0 radical (unpaired) electrons. The van der Waals surface area contributed by atoms with Crippen LogP contribution < -0.4 is 5.32 Å². The Morgan fingerprint density at radius 2 is 1.94 bits per heavy atom. The first-order valence-corrected chi connectivity index (χ1v) is 8.39. The number of nitrogens with one attached hydrogen (secondary N) is 1. The Kier molecular flexibility index (Phi) is 4.44. The van der Waals surface area contributed by atoms with Gasteiger partial charge < -0.3 is 5.32 Å².